The lowest BCUT2D eigenvalue weighted by Crippen LogP contribution is -2.45. The Bertz CT molecular complexity index is 947. The number of hydrogen-bond acceptors (Lipinski definition) is 5. The lowest BCUT2D eigenvalue weighted by molar-refractivity contribution is -0.142. The molecular formula is C25H30N2O6. The van der Waals surface area contributed by atoms with Gasteiger partial charge in [0.25, 0.3) is 0 Å². The molecular weight excluding hydrogens is 424 g/mol. The first-order chi connectivity index (χ1) is 15.9. The highest BCUT2D eigenvalue weighted by Gasteiger charge is 2.29. The van der Waals surface area contributed by atoms with Crippen LogP contribution in [0.3, 0.4) is 0 Å². The minimum Gasteiger partial charge on any atom is -0.480 e. The van der Waals surface area contributed by atoms with Gasteiger partial charge in [-0.1, -0.05) is 61.9 Å². The molecule has 0 heterocycles. The fourth-order valence-corrected chi connectivity index (χ4v) is 4.24. The Labute approximate surface area is 193 Å². The first-order valence-corrected chi connectivity index (χ1v) is 11.2. The van der Waals surface area contributed by atoms with Crippen molar-refractivity contribution in [3.05, 3.63) is 59.7 Å². The summed E-state index contributed by atoms with van der Waals surface area (Å²) in [6.07, 6.45) is 0.482. The van der Waals surface area contributed by atoms with Crippen molar-refractivity contribution in [2.45, 2.75) is 50.6 Å². The van der Waals surface area contributed by atoms with Crippen molar-refractivity contribution in [2.75, 3.05) is 13.2 Å². The number of aliphatic hydroxyl groups excluding tert-OH is 1. The number of carbonyl (C=O) groups is 3. The molecule has 2 aromatic rings. The largest absolute Gasteiger partial charge is 0.480 e. The predicted octanol–water partition coefficient (Wildman–Crippen LogP) is 3.04. The van der Waals surface area contributed by atoms with Gasteiger partial charge in [0, 0.05) is 31.4 Å². The zero-order valence-electron chi connectivity index (χ0n) is 18.6. The van der Waals surface area contributed by atoms with Gasteiger partial charge in [-0.05, 0) is 28.7 Å². The second kappa shape index (κ2) is 11.5. The molecule has 0 radical (unpaired) electrons. The van der Waals surface area contributed by atoms with Crippen molar-refractivity contribution in [3.8, 4) is 11.1 Å². The van der Waals surface area contributed by atoms with Crippen LogP contribution in [0.2, 0.25) is 0 Å². The second-order valence-electron chi connectivity index (χ2n) is 8.13. The van der Waals surface area contributed by atoms with Gasteiger partial charge in [-0.15, -0.1) is 0 Å². The molecule has 0 spiro atoms. The molecule has 8 nitrogen and oxygen atoms in total. The first kappa shape index (κ1) is 24.3. The zero-order valence-corrected chi connectivity index (χ0v) is 18.6. The minimum absolute atomic E-state index is 0.0640. The van der Waals surface area contributed by atoms with Crippen molar-refractivity contribution < 1.29 is 29.3 Å². The van der Waals surface area contributed by atoms with Gasteiger partial charge in [0.15, 0.2) is 0 Å². The van der Waals surface area contributed by atoms with E-state index in [0.717, 1.165) is 28.7 Å². The number of aliphatic carboxylic acids is 1. The van der Waals surface area contributed by atoms with Crippen LogP contribution >= 0.6 is 0 Å². The fourth-order valence-electron chi connectivity index (χ4n) is 4.24. The Balaban J connectivity index is 1.58. The van der Waals surface area contributed by atoms with Crippen molar-refractivity contribution in [2.24, 2.45) is 0 Å². The summed E-state index contributed by atoms with van der Waals surface area (Å²) in [5, 5.41) is 23.2. The summed E-state index contributed by atoms with van der Waals surface area (Å²) in [7, 11) is 0. The summed E-state index contributed by atoms with van der Waals surface area (Å²) in [6.45, 7) is 1.74. The molecule has 1 aliphatic rings. The quantitative estimate of drug-likeness (QED) is 0.414. The molecule has 0 saturated carbocycles. The maximum Gasteiger partial charge on any atom is 0.407 e. The maximum absolute atomic E-state index is 12.5. The van der Waals surface area contributed by atoms with Crippen molar-refractivity contribution >= 4 is 18.0 Å². The van der Waals surface area contributed by atoms with Crippen LogP contribution in [0, 0.1) is 0 Å². The molecule has 4 N–H and O–H groups in total. The van der Waals surface area contributed by atoms with Crippen molar-refractivity contribution in [1.82, 2.24) is 10.6 Å². The summed E-state index contributed by atoms with van der Waals surface area (Å²) in [6, 6.07) is 14.4. The Hall–Kier alpha value is -3.39. The Morgan fingerprint density at radius 1 is 0.970 bits per heavy atom. The van der Waals surface area contributed by atoms with Crippen molar-refractivity contribution in [1.29, 1.82) is 0 Å². The number of benzene rings is 2. The number of carboxylic acid groups (broad SMARTS) is 1. The third-order valence-corrected chi connectivity index (χ3v) is 5.79. The van der Waals surface area contributed by atoms with E-state index in [4.69, 9.17) is 14.9 Å². The summed E-state index contributed by atoms with van der Waals surface area (Å²) in [5.41, 5.74) is 4.50. The lowest BCUT2D eigenvalue weighted by atomic mass is 9.98. The highest BCUT2D eigenvalue weighted by atomic mass is 16.5. The number of fused-ring (bicyclic) bond motifs is 3. The van der Waals surface area contributed by atoms with Gasteiger partial charge in [0.2, 0.25) is 5.91 Å². The smallest absolute Gasteiger partial charge is 0.407 e. The molecule has 33 heavy (non-hydrogen) atoms. The van der Waals surface area contributed by atoms with Crippen LogP contribution in [-0.2, 0) is 14.3 Å². The van der Waals surface area contributed by atoms with Gasteiger partial charge in [-0.2, -0.15) is 0 Å². The number of aliphatic hydroxyl groups is 1. The summed E-state index contributed by atoms with van der Waals surface area (Å²) in [5.74, 6) is -1.78. The van der Waals surface area contributed by atoms with E-state index in [0.29, 0.717) is 6.42 Å². The zero-order chi connectivity index (χ0) is 23.8. The molecule has 2 atom stereocenters. The number of carbonyl (C=O) groups excluding carboxylic acids is 2. The molecule has 0 bridgehead atoms. The van der Waals surface area contributed by atoms with E-state index < -0.39 is 30.1 Å². The molecule has 0 saturated heterocycles. The van der Waals surface area contributed by atoms with Crippen LogP contribution in [0.5, 0.6) is 0 Å². The number of amides is 2. The van der Waals surface area contributed by atoms with Gasteiger partial charge in [0.05, 0.1) is 0 Å². The number of carboxylic acids is 1. The highest BCUT2D eigenvalue weighted by molar-refractivity contribution is 5.84. The van der Waals surface area contributed by atoms with Gasteiger partial charge in [-0.25, -0.2) is 9.59 Å². The molecule has 0 aromatic heterocycles. The SMILES string of the molecule is CCC[C@@H](CC(=O)N[C@@H](CCO)C(=O)O)NC(=O)OCC1c2ccccc2-c2ccccc21. The molecule has 0 aliphatic heterocycles. The van der Waals surface area contributed by atoms with Gasteiger partial charge < -0.3 is 25.6 Å². The molecule has 0 fully saturated rings. The highest BCUT2D eigenvalue weighted by Crippen LogP contribution is 2.44. The van der Waals surface area contributed by atoms with E-state index in [1.165, 1.54) is 0 Å². The Morgan fingerprint density at radius 2 is 1.58 bits per heavy atom. The normalized spacial score (nSPS) is 14.0. The fraction of sp³-hybridized carbons (Fsp3) is 0.400. The van der Waals surface area contributed by atoms with Crippen LogP contribution in [-0.4, -0.2) is 53.5 Å². The molecule has 1 aliphatic carbocycles. The standard InChI is InChI=1S/C25H30N2O6/c1-2-7-16(14-23(29)27-22(12-13-28)24(30)31)26-25(32)33-15-21-19-10-5-3-8-17(19)18-9-4-6-11-20(18)21/h3-6,8-11,16,21-22,28H,2,7,12-15H2,1H3,(H,26,32)(H,27,29)(H,30,31)/t16-,22-/m0/s1. The van der Waals surface area contributed by atoms with Gasteiger partial charge >= 0.3 is 12.1 Å². The molecule has 3 rings (SSSR count). The van der Waals surface area contributed by atoms with E-state index in [2.05, 4.69) is 22.8 Å². The van der Waals surface area contributed by atoms with Gasteiger partial charge in [0.1, 0.15) is 12.6 Å². The molecule has 2 aromatic carbocycles. The number of nitrogens with one attached hydrogen (secondary N) is 2. The summed E-state index contributed by atoms with van der Waals surface area (Å²) < 4.78 is 5.55. The van der Waals surface area contributed by atoms with Crippen LogP contribution < -0.4 is 10.6 Å². The maximum atomic E-state index is 12.5. The van der Waals surface area contributed by atoms with Crippen LogP contribution in [0.15, 0.2) is 48.5 Å². The van der Waals surface area contributed by atoms with Crippen molar-refractivity contribution in [3.63, 3.8) is 0 Å². The molecule has 176 valence electrons. The van der Waals surface area contributed by atoms with Crippen LogP contribution in [0.25, 0.3) is 11.1 Å². The van der Waals surface area contributed by atoms with Crippen LogP contribution in [0.1, 0.15) is 49.7 Å². The topological polar surface area (TPSA) is 125 Å². The molecule has 0 unspecified atom stereocenters. The van der Waals surface area contributed by atoms with E-state index in [1.807, 2.05) is 43.3 Å². The third kappa shape index (κ3) is 6.10. The monoisotopic (exact) mass is 454 g/mol. The molecule has 2 amide bonds. The van der Waals surface area contributed by atoms with E-state index in [-0.39, 0.29) is 32.0 Å². The number of ether oxygens (including phenoxy) is 1. The summed E-state index contributed by atoms with van der Waals surface area (Å²) in [4.78, 5) is 36.0. The number of hydrogen-bond donors (Lipinski definition) is 4. The second-order valence-corrected chi connectivity index (χ2v) is 8.13. The third-order valence-electron chi connectivity index (χ3n) is 5.79. The number of alkyl carbamates (subject to hydrolysis) is 1. The Morgan fingerprint density at radius 3 is 2.12 bits per heavy atom. The lowest BCUT2D eigenvalue weighted by Gasteiger charge is -2.20. The minimum atomic E-state index is -1.21. The summed E-state index contributed by atoms with van der Waals surface area (Å²) >= 11 is 0. The van der Waals surface area contributed by atoms with E-state index in [1.54, 1.807) is 0 Å². The Kier molecular flexibility index (Phi) is 8.43. The predicted molar refractivity (Wildman–Crippen MR) is 123 cm³/mol. The van der Waals surface area contributed by atoms with E-state index >= 15 is 0 Å². The number of rotatable bonds is 11. The molecule has 8 heteroatoms. The van der Waals surface area contributed by atoms with E-state index in [9.17, 15) is 14.4 Å². The average molecular weight is 455 g/mol. The average Bonchev–Trinajstić information content (AvgIpc) is 3.11. The van der Waals surface area contributed by atoms with Crippen LogP contribution in [0.4, 0.5) is 4.79 Å². The first-order valence-electron chi connectivity index (χ1n) is 11.2. The van der Waals surface area contributed by atoms with Gasteiger partial charge in [-0.3, -0.25) is 4.79 Å².